The van der Waals surface area contributed by atoms with E-state index in [4.69, 9.17) is 19.9 Å². The van der Waals surface area contributed by atoms with Crippen molar-refractivity contribution >= 4 is 5.97 Å². The molecule has 3 atom stereocenters. The van der Waals surface area contributed by atoms with Crippen LogP contribution in [0.25, 0.3) is 0 Å². The maximum atomic E-state index is 11.5. The Bertz CT molecular complexity index is 763. The van der Waals surface area contributed by atoms with Gasteiger partial charge in [0.05, 0.1) is 32.1 Å². The number of carboxylic acids is 1. The number of carboxylic acid groups (broad SMARTS) is 1. The molecule has 0 bridgehead atoms. The second-order valence-corrected chi connectivity index (χ2v) is 6.35. The van der Waals surface area contributed by atoms with Crippen LogP contribution < -0.4 is 5.73 Å². The van der Waals surface area contributed by atoms with E-state index in [-0.39, 0.29) is 18.8 Å². The molecule has 3 N–H and O–H groups in total. The first kappa shape index (κ1) is 19.1. The van der Waals surface area contributed by atoms with Crippen LogP contribution >= 0.6 is 0 Å². The molecule has 2 aromatic rings. The van der Waals surface area contributed by atoms with Gasteiger partial charge in [-0.15, -0.1) is 0 Å². The predicted molar refractivity (Wildman–Crippen MR) is 99.7 cm³/mol. The van der Waals surface area contributed by atoms with E-state index in [9.17, 15) is 9.90 Å². The smallest absolute Gasteiger partial charge is 0.337 e. The van der Waals surface area contributed by atoms with Crippen LogP contribution in [-0.4, -0.2) is 35.9 Å². The van der Waals surface area contributed by atoms with Gasteiger partial charge >= 0.3 is 5.97 Å². The highest BCUT2D eigenvalue weighted by molar-refractivity contribution is 5.87. The quantitative estimate of drug-likeness (QED) is 0.743. The van der Waals surface area contributed by atoms with Crippen LogP contribution in [-0.2, 0) is 32.2 Å². The molecule has 1 aliphatic heterocycles. The molecule has 0 aliphatic carbocycles. The summed E-state index contributed by atoms with van der Waals surface area (Å²) in [6, 6.07) is 18.6. The first-order chi connectivity index (χ1) is 13.1. The zero-order chi connectivity index (χ0) is 19.1. The van der Waals surface area contributed by atoms with Gasteiger partial charge in [-0.25, -0.2) is 4.79 Å². The fourth-order valence-corrected chi connectivity index (χ4v) is 2.87. The summed E-state index contributed by atoms with van der Waals surface area (Å²) in [7, 11) is 0. The molecule has 0 fully saturated rings. The number of nitrogens with two attached hydrogens (primary N) is 1. The van der Waals surface area contributed by atoms with Crippen molar-refractivity contribution in [3.05, 3.63) is 83.6 Å². The number of aliphatic carboxylic acids is 1. The normalized spacial score (nSPS) is 22.0. The largest absolute Gasteiger partial charge is 0.493 e. The van der Waals surface area contributed by atoms with Crippen LogP contribution in [0, 0.1) is 0 Å². The number of benzene rings is 2. The van der Waals surface area contributed by atoms with Gasteiger partial charge in [0.2, 0.25) is 0 Å². The zero-order valence-electron chi connectivity index (χ0n) is 14.9. The Labute approximate surface area is 158 Å². The van der Waals surface area contributed by atoms with Crippen molar-refractivity contribution in [3.63, 3.8) is 0 Å². The molecule has 0 radical (unpaired) electrons. The van der Waals surface area contributed by atoms with Gasteiger partial charge in [-0.05, 0) is 11.1 Å². The minimum atomic E-state index is -1.10. The Hall–Kier alpha value is -2.67. The Morgan fingerprint density at radius 3 is 2.19 bits per heavy atom. The first-order valence-corrected chi connectivity index (χ1v) is 8.76. The number of hydrogen-bond acceptors (Lipinski definition) is 5. The van der Waals surface area contributed by atoms with Crippen molar-refractivity contribution in [3.8, 4) is 0 Å². The summed E-state index contributed by atoms with van der Waals surface area (Å²) in [5.74, 6) is -1.10. The number of hydrogen-bond donors (Lipinski definition) is 2. The second-order valence-electron chi connectivity index (χ2n) is 6.35. The van der Waals surface area contributed by atoms with Crippen molar-refractivity contribution in [2.45, 2.75) is 31.5 Å². The first-order valence-electron chi connectivity index (χ1n) is 8.76. The molecule has 1 heterocycles. The monoisotopic (exact) mass is 369 g/mol. The summed E-state index contributed by atoms with van der Waals surface area (Å²) in [6.45, 7) is 0.935. The maximum Gasteiger partial charge on any atom is 0.337 e. The van der Waals surface area contributed by atoms with Crippen molar-refractivity contribution in [2.75, 3.05) is 6.61 Å². The molecule has 27 heavy (non-hydrogen) atoms. The fraction of sp³-hybridized carbons (Fsp3) is 0.286. The summed E-state index contributed by atoms with van der Waals surface area (Å²) in [4.78, 5) is 11.5. The van der Waals surface area contributed by atoms with Gasteiger partial charge in [0.1, 0.15) is 17.8 Å². The highest BCUT2D eigenvalue weighted by Crippen LogP contribution is 2.23. The lowest BCUT2D eigenvalue weighted by atomic mass is 9.97. The van der Waals surface area contributed by atoms with Crippen LogP contribution in [0.4, 0.5) is 0 Å². The molecule has 1 aliphatic rings. The van der Waals surface area contributed by atoms with Gasteiger partial charge in [-0.1, -0.05) is 60.7 Å². The molecule has 2 aromatic carbocycles. The highest BCUT2D eigenvalue weighted by atomic mass is 16.5. The van der Waals surface area contributed by atoms with Gasteiger partial charge in [-0.3, -0.25) is 0 Å². The Kier molecular flexibility index (Phi) is 6.59. The minimum absolute atomic E-state index is 0.0118. The molecule has 3 rings (SSSR count). The van der Waals surface area contributed by atoms with E-state index in [1.807, 2.05) is 60.7 Å². The van der Waals surface area contributed by atoms with Crippen molar-refractivity contribution in [2.24, 2.45) is 5.73 Å². The summed E-state index contributed by atoms with van der Waals surface area (Å²) in [5, 5.41) is 9.42. The maximum absolute atomic E-state index is 11.5. The standard InChI is InChI=1S/C21H23NO5/c22-19-18(14-25-11-15-7-3-1-4-8-15)26-13-17(21(23)24)20(19)27-12-16-9-5-2-6-10-16/h1-10,13,18-20H,11-12,14,22H2,(H,23,24)/t18-,19+,20-/m1/s1. The van der Waals surface area contributed by atoms with Crippen molar-refractivity contribution in [1.82, 2.24) is 0 Å². The fourth-order valence-electron chi connectivity index (χ4n) is 2.87. The van der Waals surface area contributed by atoms with Crippen LogP contribution in [0.15, 0.2) is 72.5 Å². The number of rotatable bonds is 8. The van der Waals surface area contributed by atoms with Gasteiger partial charge in [0.15, 0.2) is 0 Å². The second kappa shape index (κ2) is 9.32. The summed E-state index contributed by atoms with van der Waals surface area (Å²) in [6.07, 6.45) is -0.0443. The van der Waals surface area contributed by atoms with Gasteiger partial charge in [0.25, 0.3) is 0 Å². The SMILES string of the molecule is N[C@@H]1[C@H](OCc2ccccc2)C(C(=O)O)=CO[C@@H]1COCc1ccccc1. The molecule has 0 amide bonds. The van der Waals surface area contributed by atoms with E-state index in [0.29, 0.717) is 6.61 Å². The van der Waals surface area contributed by atoms with E-state index in [1.54, 1.807) is 0 Å². The van der Waals surface area contributed by atoms with Crippen LogP contribution in [0.5, 0.6) is 0 Å². The average molecular weight is 369 g/mol. The molecule has 0 saturated carbocycles. The number of carbonyl (C=O) groups is 1. The molecule has 142 valence electrons. The van der Waals surface area contributed by atoms with Crippen molar-refractivity contribution in [1.29, 1.82) is 0 Å². The predicted octanol–water partition coefficient (Wildman–Crippen LogP) is 2.48. The lowest BCUT2D eigenvalue weighted by molar-refractivity contribution is -0.137. The molecular weight excluding hydrogens is 346 g/mol. The molecule has 0 aromatic heterocycles. The Balaban J connectivity index is 1.61. The Morgan fingerprint density at radius 2 is 1.59 bits per heavy atom. The van der Waals surface area contributed by atoms with E-state index in [0.717, 1.165) is 11.1 Å². The topological polar surface area (TPSA) is 91.0 Å². The van der Waals surface area contributed by atoms with E-state index < -0.39 is 24.2 Å². The number of ether oxygens (including phenoxy) is 3. The lowest BCUT2D eigenvalue weighted by Gasteiger charge is -2.34. The molecule has 0 unspecified atom stereocenters. The summed E-state index contributed by atoms with van der Waals surface area (Å²) < 4.78 is 17.1. The Morgan fingerprint density at radius 1 is 1.00 bits per heavy atom. The van der Waals surface area contributed by atoms with Crippen LogP contribution in [0.2, 0.25) is 0 Å². The minimum Gasteiger partial charge on any atom is -0.493 e. The third-order valence-electron chi connectivity index (χ3n) is 4.37. The van der Waals surface area contributed by atoms with E-state index in [1.165, 1.54) is 6.26 Å². The van der Waals surface area contributed by atoms with Crippen molar-refractivity contribution < 1.29 is 24.1 Å². The zero-order valence-corrected chi connectivity index (χ0v) is 14.9. The summed E-state index contributed by atoms with van der Waals surface area (Å²) in [5.41, 5.74) is 8.26. The third kappa shape index (κ3) is 5.17. The molecular formula is C21H23NO5. The lowest BCUT2D eigenvalue weighted by Crippen LogP contribution is -2.53. The molecule has 6 nitrogen and oxygen atoms in total. The molecule has 6 heteroatoms. The van der Waals surface area contributed by atoms with Gasteiger partial charge in [-0.2, -0.15) is 0 Å². The molecule has 0 saturated heterocycles. The van der Waals surface area contributed by atoms with E-state index in [2.05, 4.69) is 0 Å². The summed E-state index contributed by atoms with van der Waals surface area (Å²) >= 11 is 0. The van der Waals surface area contributed by atoms with E-state index >= 15 is 0 Å². The highest BCUT2D eigenvalue weighted by Gasteiger charge is 2.38. The van der Waals surface area contributed by atoms with Gasteiger partial charge in [0, 0.05) is 0 Å². The molecule has 0 spiro atoms. The van der Waals surface area contributed by atoms with Crippen LogP contribution in [0.1, 0.15) is 11.1 Å². The van der Waals surface area contributed by atoms with Crippen LogP contribution in [0.3, 0.4) is 0 Å². The third-order valence-corrected chi connectivity index (χ3v) is 4.37. The van der Waals surface area contributed by atoms with Gasteiger partial charge < -0.3 is 25.1 Å². The average Bonchev–Trinajstić information content (AvgIpc) is 2.69.